The molecule has 0 N–H and O–H groups in total. The number of rotatable bonds is 3. The maximum absolute atomic E-state index is 12.3. The van der Waals surface area contributed by atoms with Crippen LogP contribution in [0.3, 0.4) is 0 Å². The lowest BCUT2D eigenvalue weighted by Crippen LogP contribution is -2.50. The molecule has 2 aliphatic heterocycles. The van der Waals surface area contributed by atoms with Crippen molar-refractivity contribution in [1.29, 1.82) is 0 Å². The minimum absolute atomic E-state index is 0.0869. The number of piperidine rings is 1. The van der Waals surface area contributed by atoms with Crippen molar-refractivity contribution < 1.29 is 14.3 Å². The van der Waals surface area contributed by atoms with Gasteiger partial charge in [0, 0.05) is 44.5 Å². The van der Waals surface area contributed by atoms with Gasteiger partial charge in [0.15, 0.2) is 0 Å². The number of ether oxygens (including phenoxy) is 1. The largest absolute Gasteiger partial charge is 0.444 e. The zero-order valence-corrected chi connectivity index (χ0v) is 16.6. The minimum Gasteiger partial charge on any atom is -0.444 e. The van der Waals surface area contributed by atoms with Crippen molar-refractivity contribution in [2.24, 2.45) is 0 Å². The second kappa shape index (κ2) is 8.15. The van der Waals surface area contributed by atoms with Gasteiger partial charge in [-0.15, -0.1) is 0 Å². The van der Waals surface area contributed by atoms with Gasteiger partial charge in [0.05, 0.1) is 6.04 Å². The summed E-state index contributed by atoms with van der Waals surface area (Å²) in [7, 11) is 0. The zero-order chi connectivity index (χ0) is 19.4. The molecule has 2 saturated heterocycles. The van der Waals surface area contributed by atoms with Gasteiger partial charge in [-0.3, -0.25) is 4.79 Å². The Morgan fingerprint density at radius 2 is 1.93 bits per heavy atom. The Kier molecular flexibility index (Phi) is 5.87. The summed E-state index contributed by atoms with van der Waals surface area (Å²) in [5, 5.41) is 0. The van der Waals surface area contributed by atoms with Crippen molar-refractivity contribution in [3.8, 4) is 0 Å². The summed E-state index contributed by atoms with van der Waals surface area (Å²) in [6.07, 6.45) is 5.64. The normalized spacial score (nSPS) is 21.1. The Balaban J connectivity index is 1.70. The van der Waals surface area contributed by atoms with E-state index >= 15 is 0 Å². The van der Waals surface area contributed by atoms with E-state index in [1.54, 1.807) is 11.1 Å². The van der Waals surface area contributed by atoms with E-state index in [1.807, 2.05) is 31.7 Å². The number of carbonyl (C=O) groups is 2. The number of anilines is 1. The SMILES string of the molecule is CC(C)(C)OC(=O)N1CCN(c2ncccc2C2CCCCN2C=O)CC1. The van der Waals surface area contributed by atoms with Crippen molar-refractivity contribution in [3.05, 3.63) is 23.9 Å². The molecule has 1 unspecified atom stereocenters. The maximum Gasteiger partial charge on any atom is 0.410 e. The first-order chi connectivity index (χ1) is 12.9. The molecule has 27 heavy (non-hydrogen) atoms. The van der Waals surface area contributed by atoms with Crippen molar-refractivity contribution >= 4 is 18.3 Å². The van der Waals surface area contributed by atoms with E-state index in [-0.39, 0.29) is 12.1 Å². The summed E-state index contributed by atoms with van der Waals surface area (Å²) >= 11 is 0. The van der Waals surface area contributed by atoms with E-state index in [0.717, 1.165) is 43.6 Å². The zero-order valence-electron chi connectivity index (χ0n) is 16.6. The molecular formula is C20H30N4O3. The first kappa shape index (κ1) is 19.5. The molecule has 1 aromatic heterocycles. The Hall–Kier alpha value is -2.31. The van der Waals surface area contributed by atoms with E-state index in [1.165, 1.54) is 0 Å². The van der Waals surface area contributed by atoms with Crippen LogP contribution in [0.5, 0.6) is 0 Å². The second-order valence-electron chi connectivity index (χ2n) is 8.23. The number of pyridine rings is 1. The Bertz CT molecular complexity index is 665. The van der Waals surface area contributed by atoms with Crippen molar-refractivity contribution in [2.75, 3.05) is 37.6 Å². The molecule has 1 atom stereocenters. The van der Waals surface area contributed by atoms with Gasteiger partial charge in [0.2, 0.25) is 6.41 Å². The van der Waals surface area contributed by atoms with Crippen LogP contribution in [0.1, 0.15) is 51.6 Å². The van der Waals surface area contributed by atoms with Gasteiger partial charge in [-0.25, -0.2) is 9.78 Å². The van der Waals surface area contributed by atoms with E-state index in [4.69, 9.17) is 4.74 Å². The molecule has 0 aromatic carbocycles. The van der Waals surface area contributed by atoms with Crippen LogP contribution < -0.4 is 4.90 Å². The molecule has 2 fully saturated rings. The van der Waals surface area contributed by atoms with Gasteiger partial charge >= 0.3 is 6.09 Å². The van der Waals surface area contributed by atoms with Crippen LogP contribution in [-0.2, 0) is 9.53 Å². The molecule has 148 valence electrons. The fraction of sp³-hybridized carbons (Fsp3) is 0.650. The Labute approximate surface area is 161 Å². The summed E-state index contributed by atoms with van der Waals surface area (Å²) in [6.45, 7) is 9.06. The van der Waals surface area contributed by atoms with E-state index in [9.17, 15) is 9.59 Å². The van der Waals surface area contributed by atoms with Gasteiger partial charge in [-0.05, 0) is 46.1 Å². The Morgan fingerprint density at radius 3 is 2.59 bits per heavy atom. The van der Waals surface area contributed by atoms with Crippen LogP contribution in [0.2, 0.25) is 0 Å². The van der Waals surface area contributed by atoms with Crippen LogP contribution in [0.25, 0.3) is 0 Å². The molecule has 0 radical (unpaired) electrons. The fourth-order valence-electron chi connectivity index (χ4n) is 3.78. The molecular weight excluding hydrogens is 344 g/mol. The highest BCUT2D eigenvalue weighted by molar-refractivity contribution is 5.68. The fourth-order valence-corrected chi connectivity index (χ4v) is 3.78. The molecule has 0 aliphatic carbocycles. The lowest BCUT2D eigenvalue weighted by molar-refractivity contribution is -0.121. The van der Waals surface area contributed by atoms with Gasteiger partial charge < -0.3 is 19.4 Å². The van der Waals surface area contributed by atoms with Gasteiger partial charge in [0.25, 0.3) is 0 Å². The summed E-state index contributed by atoms with van der Waals surface area (Å²) in [5.41, 5.74) is 0.622. The second-order valence-corrected chi connectivity index (χ2v) is 8.23. The molecule has 3 heterocycles. The molecule has 2 amide bonds. The quantitative estimate of drug-likeness (QED) is 0.761. The number of amides is 2. The third kappa shape index (κ3) is 4.70. The monoisotopic (exact) mass is 374 g/mol. The topological polar surface area (TPSA) is 66.0 Å². The standard InChI is InChI=1S/C20H30N4O3/c1-20(2,3)27-19(26)23-13-11-22(12-14-23)18-16(7-6-9-21-18)17-8-4-5-10-24(17)15-25/h6-7,9,15,17H,4-5,8,10-14H2,1-3H3. The molecule has 7 heteroatoms. The summed E-state index contributed by atoms with van der Waals surface area (Å²) in [4.78, 5) is 34.3. The van der Waals surface area contributed by atoms with Gasteiger partial charge in [-0.1, -0.05) is 6.07 Å². The van der Waals surface area contributed by atoms with Gasteiger partial charge in [0.1, 0.15) is 11.4 Å². The van der Waals surface area contributed by atoms with E-state index in [0.29, 0.717) is 26.2 Å². The highest BCUT2D eigenvalue weighted by Crippen LogP contribution is 2.34. The number of carbonyl (C=O) groups excluding carboxylic acids is 2. The predicted molar refractivity (Wildman–Crippen MR) is 104 cm³/mol. The van der Waals surface area contributed by atoms with Crippen LogP contribution in [-0.4, -0.2) is 65.6 Å². The molecule has 0 spiro atoms. The van der Waals surface area contributed by atoms with Crippen LogP contribution in [0, 0.1) is 0 Å². The number of nitrogens with zero attached hydrogens (tertiary/aromatic N) is 4. The smallest absolute Gasteiger partial charge is 0.410 e. The number of hydrogen-bond donors (Lipinski definition) is 0. The maximum atomic E-state index is 12.3. The third-order valence-electron chi connectivity index (χ3n) is 5.09. The molecule has 1 aromatic rings. The van der Waals surface area contributed by atoms with Crippen molar-refractivity contribution in [1.82, 2.24) is 14.8 Å². The lowest BCUT2D eigenvalue weighted by Gasteiger charge is -2.39. The average Bonchev–Trinajstić information content (AvgIpc) is 2.67. The molecule has 0 bridgehead atoms. The molecule has 0 saturated carbocycles. The number of piperazine rings is 1. The van der Waals surface area contributed by atoms with Crippen LogP contribution >= 0.6 is 0 Å². The summed E-state index contributed by atoms with van der Waals surface area (Å²) in [6, 6.07) is 4.10. The number of hydrogen-bond acceptors (Lipinski definition) is 5. The lowest BCUT2D eigenvalue weighted by atomic mass is 9.95. The summed E-state index contributed by atoms with van der Waals surface area (Å²) in [5.74, 6) is 0.931. The molecule has 2 aliphatic rings. The molecule has 7 nitrogen and oxygen atoms in total. The highest BCUT2D eigenvalue weighted by Gasteiger charge is 2.30. The number of aromatic nitrogens is 1. The predicted octanol–water partition coefficient (Wildman–Crippen LogP) is 2.82. The first-order valence-corrected chi connectivity index (χ1v) is 9.78. The summed E-state index contributed by atoms with van der Waals surface area (Å²) < 4.78 is 5.47. The molecule has 3 rings (SSSR count). The highest BCUT2D eigenvalue weighted by atomic mass is 16.6. The van der Waals surface area contributed by atoms with Crippen LogP contribution in [0.15, 0.2) is 18.3 Å². The first-order valence-electron chi connectivity index (χ1n) is 9.78. The van der Waals surface area contributed by atoms with Crippen molar-refractivity contribution in [3.63, 3.8) is 0 Å². The Morgan fingerprint density at radius 1 is 1.19 bits per heavy atom. The van der Waals surface area contributed by atoms with E-state index in [2.05, 4.69) is 16.0 Å². The van der Waals surface area contributed by atoms with E-state index < -0.39 is 5.60 Å². The number of likely N-dealkylation sites (tertiary alicyclic amines) is 1. The third-order valence-corrected chi connectivity index (χ3v) is 5.09. The average molecular weight is 374 g/mol. The van der Waals surface area contributed by atoms with Crippen LogP contribution in [0.4, 0.5) is 10.6 Å². The minimum atomic E-state index is -0.484. The van der Waals surface area contributed by atoms with Gasteiger partial charge in [-0.2, -0.15) is 0 Å². The van der Waals surface area contributed by atoms with Crippen molar-refractivity contribution in [2.45, 2.75) is 51.7 Å².